The number of carbonyl (C=O) groups excluding carboxylic acids is 2. The van der Waals surface area contributed by atoms with Gasteiger partial charge in [-0.1, -0.05) is 27.7 Å². The van der Waals surface area contributed by atoms with Crippen molar-refractivity contribution in [1.29, 1.82) is 0 Å². The second-order valence-electron chi connectivity index (χ2n) is 5.21. The predicted molar refractivity (Wildman–Crippen MR) is 66.0 cm³/mol. The van der Waals surface area contributed by atoms with Crippen molar-refractivity contribution in [2.45, 2.75) is 52.6 Å². The molecule has 0 fully saturated rings. The highest BCUT2D eigenvalue weighted by Gasteiger charge is 2.24. The molecule has 0 aromatic carbocycles. The highest BCUT2D eigenvalue weighted by molar-refractivity contribution is 5.90. The first-order chi connectivity index (χ1) is 7.73. The Balaban J connectivity index is 4.15. The van der Waals surface area contributed by atoms with Crippen LogP contribution in [0.15, 0.2) is 0 Å². The minimum atomic E-state index is -0.759. The Morgan fingerprint density at radius 1 is 0.882 bits per heavy atom. The van der Waals surface area contributed by atoms with Gasteiger partial charge in [-0.15, -0.1) is 0 Å². The SMILES string of the molecule is CC(C)CC(N)C(=O)OC(=O)C(N)CC(C)C. The fourth-order valence-corrected chi connectivity index (χ4v) is 1.46. The summed E-state index contributed by atoms with van der Waals surface area (Å²) in [7, 11) is 0. The molecule has 5 nitrogen and oxygen atoms in total. The van der Waals surface area contributed by atoms with Crippen molar-refractivity contribution in [1.82, 2.24) is 0 Å². The number of esters is 2. The van der Waals surface area contributed by atoms with Crippen LogP contribution in [0.25, 0.3) is 0 Å². The molecule has 100 valence electrons. The number of hydrogen-bond donors (Lipinski definition) is 2. The quantitative estimate of drug-likeness (QED) is 0.532. The van der Waals surface area contributed by atoms with Crippen LogP contribution in [0, 0.1) is 11.8 Å². The molecule has 0 bridgehead atoms. The van der Waals surface area contributed by atoms with Gasteiger partial charge in [-0.25, -0.2) is 9.59 Å². The Bertz CT molecular complexity index is 238. The van der Waals surface area contributed by atoms with Crippen LogP contribution in [-0.4, -0.2) is 24.0 Å². The molecule has 0 radical (unpaired) electrons. The van der Waals surface area contributed by atoms with Crippen molar-refractivity contribution in [3.8, 4) is 0 Å². The number of hydrogen-bond acceptors (Lipinski definition) is 5. The number of nitrogens with two attached hydrogens (primary N) is 2. The molecule has 0 saturated carbocycles. The van der Waals surface area contributed by atoms with Crippen molar-refractivity contribution >= 4 is 11.9 Å². The molecule has 5 heteroatoms. The van der Waals surface area contributed by atoms with Crippen LogP contribution in [0.1, 0.15) is 40.5 Å². The zero-order valence-corrected chi connectivity index (χ0v) is 11.1. The highest BCUT2D eigenvalue weighted by Crippen LogP contribution is 2.07. The molecule has 0 spiro atoms. The summed E-state index contributed by atoms with van der Waals surface area (Å²) in [5, 5.41) is 0. The van der Waals surface area contributed by atoms with E-state index in [2.05, 4.69) is 4.74 Å². The molecule has 4 N–H and O–H groups in total. The second kappa shape index (κ2) is 7.40. The topological polar surface area (TPSA) is 95.4 Å². The normalized spacial score (nSPS) is 14.8. The van der Waals surface area contributed by atoms with E-state index in [1.165, 1.54) is 0 Å². The van der Waals surface area contributed by atoms with Crippen LogP contribution in [-0.2, 0) is 14.3 Å². The Labute approximate surface area is 103 Å². The van der Waals surface area contributed by atoms with Crippen LogP contribution in [0.2, 0.25) is 0 Å². The standard InChI is InChI=1S/C12H24N2O3/c1-7(2)5-9(13)11(15)17-12(16)10(14)6-8(3)4/h7-10H,5-6,13-14H2,1-4H3. The van der Waals surface area contributed by atoms with Gasteiger partial charge in [-0.3, -0.25) is 0 Å². The van der Waals surface area contributed by atoms with E-state index in [1.807, 2.05) is 27.7 Å². The van der Waals surface area contributed by atoms with Crippen molar-refractivity contribution < 1.29 is 14.3 Å². The zero-order valence-electron chi connectivity index (χ0n) is 11.1. The van der Waals surface area contributed by atoms with Gasteiger partial charge in [0.15, 0.2) is 0 Å². The van der Waals surface area contributed by atoms with E-state index >= 15 is 0 Å². The van der Waals surface area contributed by atoms with Crippen LogP contribution < -0.4 is 11.5 Å². The van der Waals surface area contributed by atoms with Gasteiger partial charge in [-0.05, 0) is 24.7 Å². The first-order valence-corrected chi connectivity index (χ1v) is 6.00. The van der Waals surface area contributed by atoms with E-state index in [-0.39, 0.29) is 11.8 Å². The maximum atomic E-state index is 11.5. The van der Waals surface area contributed by atoms with E-state index in [4.69, 9.17) is 11.5 Å². The number of rotatable bonds is 6. The minimum absolute atomic E-state index is 0.275. The molecule has 0 heterocycles. The Morgan fingerprint density at radius 3 is 1.41 bits per heavy atom. The molecule has 0 saturated heterocycles. The lowest BCUT2D eigenvalue weighted by atomic mass is 10.0. The first-order valence-electron chi connectivity index (χ1n) is 6.00. The maximum absolute atomic E-state index is 11.5. The molecule has 0 rings (SSSR count). The lowest BCUT2D eigenvalue weighted by molar-refractivity contribution is -0.162. The second-order valence-corrected chi connectivity index (χ2v) is 5.21. The third-order valence-electron chi connectivity index (χ3n) is 2.26. The van der Waals surface area contributed by atoms with Gasteiger partial charge in [0, 0.05) is 0 Å². The molecule has 0 aliphatic heterocycles. The smallest absolute Gasteiger partial charge is 0.330 e. The van der Waals surface area contributed by atoms with Crippen LogP contribution >= 0.6 is 0 Å². The van der Waals surface area contributed by atoms with Gasteiger partial charge >= 0.3 is 11.9 Å². The molecule has 0 aromatic heterocycles. The average molecular weight is 244 g/mol. The van der Waals surface area contributed by atoms with Crippen LogP contribution in [0.4, 0.5) is 0 Å². The van der Waals surface area contributed by atoms with E-state index < -0.39 is 24.0 Å². The Morgan fingerprint density at radius 2 is 1.18 bits per heavy atom. The summed E-state index contributed by atoms with van der Waals surface area (Å²) in [5.41, 5.74) is 11.2. The third-order valence-corrected chi connectivity index (χ3v) is 2.26. The van der Waals surface area contributed by atoms with Crippen molar-refractivity contribution in [2.75, 3.05) is 0 Å². The predicted octanol–water partition coefficient (Wildman–Crippen LogP) is 0.803. The van der Waals surface area contributed by atoms with Crippen molar-refractivity contribution in [2.24, 2.45) is 23.3 Å². The number of ether oxygens (including phenoxy) is 1. The van der Waals surface area contributed by atoms with Gasteiger partial charge in [0.25, 0.3) is 0 Å². The molecule has 0 amide bonds. The minimum Gasteiger partial charge on any atom is -0.391 e. The Hall–Kier alpha value is -0.940. The van der Waals surface area contributed by atoms with Crippen LogP contribution in [0.3, 0.4) is 0 Å². The fraction of sp³-hybridized carbons (Fsp3) is 0.833. The highest BCUT2D eigenvalue weighted by atomic mass is 16.6. The summed E-state index contributed by atoms with van der Waals surface area (Å²) in [6, 6.07) is -1.52. The summed E-state index contributed by atoms with van der Waals surface area (Å²) in [5.74, 6) is -0.834. The van der Waals surface area contributed by atoms with Gasteiger partial charge in [0.2, 0.25) is 0 Å². The van der Waals surface area contributed by atoms with Crippen LogP contribution in [0.5, 0.6) is 0 Å². The molecule has 17 heavy (non-hydrogen) atoms. The molecule has 0 aromatic rings. The maximum Gasteiger partial charge on any atom is 0.330 e. The lowest BCUT2D eigenvalue weighted by Gasteiger charge is -2.15. The van der Waals surface area contributed by atoms with E-state index in [0.717, 1.165) is 0 Å². The fourth-order valence-electron chi connectivity index (χ4n) is 1.46. The first kappa shape index (κ1) is 16.1. The van der Waals surface area contributed by atoms with Crippen molar-refractivity contribution in [3.63, 3.8) is 0 Å². The molecule has 0 aliphatic rings. The molecular formula is C12H24N2O3. The summed E-state index contributed by atoms with van der Waals surface area (Å²) in [6.07, 6.45) is 0.983. The zero-order chi connectivity index (χ0) is 13.6. The average Bonchev–Trinajstić information content (AvgIpc) is 2.15. The monoisotopic (exact) mass is 244 g/mol. The van der Waals surface area contributed by atoms with E-state index in [9.17, 15) is 9.59 Å². The molecule has 2 atom stereocenters. The molecule has 0 aliphatic carbocycles. The van der Waals surface area contributed by atoms with E-state index in [0.29, 0.717) is 12.8 Å². The third kappa shape index (κ3) is 7.07. The van der Waals surface area contributed by atoms with Gasteiger partial charge in [0.1, 0.15) is 12.1 Å². The largest absolute Gasteiger partial charge is 0.391 e. The summed E-state index contributed by atoms with van der Waals surface area (Å²) < 4.78 is 4.65. The van der Waals surface area contributed by atoms with Crippen molar-refractivity contribution in [3.05, 3.63) is 0 Å². The summed E-state index contributed by atoms with van der Waals surface area (Å²) in [6.45, 7) is 7.78. The summed E-state index contributed by atoms with van der Waals surface area (Å²) >= 11 is 0. The van der Waals surface area contributed by atoms with Gasteiger partial charge in [-0.2, -0.15) is 0 Å². The van der Waals surface area contributed by atoms with Gasteiger partial charge in [0.05, 0.1) is 0 Å². The van der Waals surface area contributed by atoms with Gasteiger partial charge < -0.3 is 16.2 Å². The molecule has 2 unspecified atom stereocenters. The Kier molecular flexibility index (Phi) is 6.99. The number of carbonyl (C=O) groups is 2. The lowest BCUT2D eigenvalue weighted by Crippen LogP contribution is -2.40. The van der Waals surface area contributed by atoms with E-state index in [1.54, 1.807) is 0 Å². The summed E-state index contributed by atoms with van der Waals surface area (Å²) in [4.78, 5) is 22.9. The molecular weight excluding hydrogens is 220 g/mol.